The van der Waals surface area contributed by atoms with Gasteiger partial charge in [0.05, 0.1) is 22.3 Å². The Morgan fingerprint density at radius 1 is 1.50 bits per heavy atom. The van der Waals surface area contributed by atoms with Gasteiger partial charge in [0.15, 0.2) is 5.78 Å². The van der Waals surface area contributed by atoms with Crippen LogP contribution in [0.3, 0.4) is 0 Å². The van der Waals surface area contributed by atoms with Crippen molar-refractivity contribution < 1.29 is 4.79 Å². The molecule has 0 saturated heterocycles. The predicted molar refractivity (Wildman–Crippen MR) is 68.5 cm³/mol. The van der Waals surface area contributed by atoms with E-state index in [1.54, 1.807) is 12.2 Å². The number of aromatic nitrogens is 2. The largest absolute Gasteiger partial charge is 0.294 e. The predicted octanol–water partition coefficient (Wildman–Crippen LogP) is 2.92. The van der Waals surface area contributed by atoms with Gasteiger partial charge in [0.2, 0.25) is 0 Å². The lowest BCUT2D eigenvalue weighted by atomic mass is 10.2. The topological polar surface area (TPSA) is 34.9 Å². The number of nitrogens with zero attached hydrogens (tertiary/aromatic N) is 2. The van der Waals surface area contributed by atoms with E-state index in [9.17, 15) is 4.79 Å². The molecule has 0 amide bonds. The maximum absolute atomic E-state index is 11.6. The lowest BCUT2D eigenvalue weighted by molar-refractivity contribution is -0.114. The Balaban J connectivity index is 3.01. The molecule has 3 nitrogen and oxygen atoms in total. The van der Waals surface area contributed by atoms with Crippen molar-refractivity contribution in [2.24, 2.45) is 0 Å². The van der Waals surface area contributed by atoms with Crippen LogP contribution in [0.25, 0.3) is 0 Å². The molecular weight excluding hydrogens is 268 g/mol. The maximum Gasteiger partial charge on any atom is 0.161 e. The van der Waals surface area contributed by atoms with Crippen molar-refractivity contribution >= 4 is 21.7 Å². The lowest BCUT2D eigenvalue weighted by Gasteiger charge is -2.02. The van der Waals surface area contributed by atoms with Gasteiger partial charge in [0.25, 0.3) is 0 Å². The van der Waals surface area contributed by atoms with Crippen LogP contribution in [0.1, 0.15) is 32.2 Å². The smallest absolute Gasteiger partial charge is 0.161 e. The van der Waals surface area contributed by atoms with E-state index in [0.717, 1.165) is 28.8 Å². The molecule has 0 spiro atoms. The summed E-state index contributed by atoms with van der Waals surface area (Å²) in [5.41, 5.74) is 1.99. The number of carbonyl (C=O) groups is 1. The quantitative estimate of drug-likeness (QED) is 0.780. The SMILES string of the molecule is C/C=C/C(=O)Cc1c(Br)c(CC)nn1CC. The third-order valence-electron chi connectivity index (χ3n) is 2.39. The van der Waals surface area contributed by atoms with Crippen LogP contribution >= 0.6 is 15.9 Å². The van der Waals surface area contributed by atoms with Crippen molar-refractivity contribution in [2.45, 2.75) is 40.2 Å². The number of rotatable bonds is 5. The normalized spacial score (nSPS) is 11.2. The molecule has 1 aromatic rings. The van der Waals surface area contributed by atoms with Crippen LogP contribution in [0.2, 0.25) is 0 Å². The Labute approximate surface area is 105 Å². The van der Waals surface area contributed by atoms with Crippen LogP contribution in [0.4, 0.5) is 0 Å². The van der Waals surface area contributed by atoms with Gasteiger partial charge in [0, 0.05) is 6.54 Å². The average molecular weight is 285 g/mol. The molecule has 4 heteroatoms. The molecule has 0 radical (unpaired) electrons. The zero-order valence-corrected chi connectivity index (χ0v) is 11.5. The van der Waals surface area contributed by atoms with Crippen molar-refractivity contribution in [3.05, 3.63) is 28.0 Å². The van der Waals surface area contributed by atoms with Crippen LogP contribution in [0, 0.1) is 0 Å². The first kappa shape index (κ1) is 13.2. The van der Waals surface area contributed by atoms with E-state index in [1.165, 1.54) is 0 Å². The molecule has 0 N–H and O–H groups in total. The molecule has 0 aromatic carbocycles. The van der Waals surface area contributed by atoms with Gasteiger partial charge in [-0.3, -0.25) is 9.48 Å². The zero-order chi connectivity index (χ0) is 12.1. The number of hydrogen-bond donors (Lipinski definition) is 0. The molecule has 0 saturated carbocycles. The fraction of sp³-hybridized carbons (Fsp3) is 0.500. The van der Waals surface area contributed by atoms with Crippen molar-refractivity contribution in [2.75, 3.05) is 0 Å². The van der Waals surface area contributed by atoms with Crippen LogP contribution in [0.5, 0.6) is 0 Å². The van der Waals surface area contributed by atoms with E-state index in [0.29, 0.717) is 6.42 Å². The molecule has 0 bridgehead atoms. The summed E-state index contributed by atoms with van der Waals surface area (Å²) in [6.45, 7) is 6.73. The van der Waals surface area contributed by atoms with Gasteiger partial charge in [-0.1, -0.05) is 13.0 Å². The van der Waals surface area contributed by atoms with E-state index >= 15 is 0 Å². The van der Waals surface area contributed by atoms with Crippen molar-refractivity contribution in [1.82, 2.24) is 9.78 Å². The summed E-state index contributed by atoms with van der Waals surface area (Å²) in [6.07, 6.45) is 4.65. The van der Waals surface area contributed by atoms with Crippen molar-refractivity contribution in [3.8, 4) is 0 Å². The van der Waals surface area contributed by atoms with Crippen LogP contribution in [-0.4, -0.2) is 15.6 Å². The molecule has 88 valence electrons. The fourth-order valence-electron chi connectivity index (χ4n) is 1.60. The molecule has 16 heavy (non-hydrogen) atoms. The lowest BCUT2D eigenvalue weighted by Crippen LogP contribution is -2.08. The summed E-state index contributed by atoms with van der Waals surface area (Å²) in [5, 5.41) is 4.45. The maximum atomic E-state index is 11.6. The second kappa shape index (κ2) is 5.99. The van der Waals surface area contributed by atoms with Gasteiger partial charge in [-0.25, -0.2) is 0 Å². The third-order valence-corrected chi connectivity index (χ3v) is 3.30. The summed E-state index contributed by atoms with van der Waals surface area (Å²) in [6, 6.07) is 0. The number of aryl methyl sites for hydroxylation is 2. The first-order valence-electron chi connectivity index (χ1n) is 5.53. The molecule has 1 rings (SSSR count). The van der Waals surface area contributed by atoms with Gasteiger partial charge in [-0.2, -0.15) is 5.10 Å². The highest BCUT2D eigenvalue weighted by Gasteiger charge is 2.15. The Morgan fingerprint density at radius 2 is 2.19 bits per heavy atom. The minimum atomic E-state index is 0.112. The van der Waals surface area contributed by atoms with Crippen LogP contribution in [0.15, 0.2) is 16.6 Å². The fourth-order valence-corrected chi connectivity index (χ4v) is 2.30. The minimum Gasteiger partial charge on any atom is -0.294 e. The summed E-state index contributed by atoms with van der Waals surface area (Å²) in [7, 11) is 0. The van der Waals surface area contributed by atoms with Crippen molar-refractivity contribution in [3.63, 3.8) is 0 Å². The van der Waals surface area contributed by atoms with E-state index in [4.69, 9.17) is 0 Å². The zero-order valence-electron chi connectivity index (χ0n) is 9.96. The summed E-state index contributed by atoms with van der Waals surface area (Å²) in [4.78, 5) is 11.6. The molecule has 1 aromatic heterocycles. The van der Waals surface area contributed by atoms with Gasteiger partial charge in [-0.15, -0.1) is 0 Å². The second-order valence-corrected chi connectivity index (χ2v) is 4.31. The van der Waals surface area contributed by atoms with Gasteiger partial charge in [-0.05, 0) is 42.3 Å². The first-order valence-corrected chi connectivity index (χ1v) is 6.32. The van der Waals surface area contributed by atoms with Gasteiger partial charge >= 0.3 is 0 Å². The van der Waals surface area contributed by atoms with Gasteiger partial charge < -0.3 is 0 Å². The van der Waals surface area contributed by atoms with Gasteiger partial charge in [0.1, 0.15) is 0 Å². The third kappa shape index (κ3) is 2.82. The number of allylic oxidation sites excluding steroid dienone is 2. The van der Waals surface area contributed by atoms with E-state index < -0.39 is 0 Å². The molecule has 0 aliphatic heterocycles. The van der Waals surface area contributed by atoms with E-state index in [1.807, 2.05) is 18.5 Å². The molecule has 1 heterocycles. The van der Waals surface area contributed by atoms with E-state index in [-0.39, 0.29) is 5.78 Å². The Hall–Kier alpha value is -0.900. The second-order valence-electron chi connectivity index (χ2n) is 3.52. The number of carbonyl (C=O) groups excluding carboxylic acids is 1. The van der Waals surface area contributed by atoms with Crippen molar-refractivity contribution in [1.29, 1.82) is 0 Å². The summed E-state index contributed by atoms with van der Waals surface area (Å²) < 4.78 is 2.87. The molecule has 0 aliphatic rings. The highest BCUT2D eigenvalue weighted by Crippen LogP contribution is 2.23. The van der Waals surface area contributed by atoms with E-state index in [2.05, 4.69) is 28.0 Å². The average Bonchev–Trinajstić information content (AvgIpc) is 2.56. The number of ketones is 1. The minimum absolute atomic E-state index is 0.112. The van der Waals surface area contributed by atoms with Crippen LogP contribution < -0.4 is 0 Å². The molecule has 0 unspecified atom stereocenters. The number of halogens is 1. The highest BCUT2D eigenvalue weighted by atomic mass is 79.9. The Morgan fingerprint density at radius 3 is 2.69 bits per heavy atom. The molecular formula is C12H17BrN2O. The monoisotopic (exact) mass is 284 g/mol. The Kier molecular flexibility index (Phi) is 4.93. The summed E-state index contributed by atoms with van der Waals surface area (Å²) in [5.74, 6) is 0.112. The molecule has 0 atom stereocenters. The Bertz CT molecular complexity index is 407. The first-order chi connectivity index (χ1) is 7.63. The highest BCUT2D eigenvalue weighted by molar-refractivity contribution is 9.10. The number of hydrogen-bond acceptors (Lipinski definition) is 2. The standard InChI is InChI=1S/C12H17BrN2O/c1-4-7-9(16)8-11-12(13)10(5-2)14-15(11)6-3/h4,7H,5-6,8H2,1-3H3/b7-4+. The molecule has 0 aliphatic carbocycles. The molecule has 0 fully saturated rings. The van der Waals surface area contributed by atoms with Crippen LogP contribution in [-0.2, 0) is 24.2 Å². The summed E-state index contributed by atoms with van der Waals surface area (Å²) >= 11 is 3.52.